The van der Waals surface area contributed by atoms with E-state index in [2.05, 4.69) is 12.1 Å². The Morgan fingerprint density at radius 1 is 1.00 bits per heavy atom. The lowest BCUT2D eigenvalue weighted by atomic mass is 10.1. The summed E-state index contributed by atoms with van der Waals surface area (Å²) >= 11 is 0. The van der Waals surface area contributed by atoms with Crippen LogP contribution in [0, 0.1) is 0 Å². The summed E-state index contributed by atoms with van der Waals surface area (Å²) in [5, 5.41) is 29.1. The van der Waals surface area contributed by atoms with Gasteiger partial charge in [-0.15, -0.1) is 0 Å². The van der Waals surface area contributed by atoms with Gasteiger partial charge in [-0.05, 0) is 36.7 Å². The van der Waals surface area contributed by atoms with Crippen LogP contribution < -0.4 is 0 Å². The number of aliphatic hydroxyl groups excluding tert-OH is 1. The molecule has 0 unspecified atom stereocenters. The van der Waals surface area contributed by atoms with Crippen LogP contribution in [0.5, 0.6) is 11.5 Å². The average molecular weight is 287 g/mol. The molecule has 3 N–H and O–H groups in total. The highest BCUT2D eigenvalue weighted by atomic mass is 16.3. The molecule has 0 amide bonds. The van der Waals surface area contributed by atoms with E-state index in [1.807, 2.05) is 30.1 Å². The predicted molar refractivity (Wildman–Crippen MR) is 82.4 cm³/mol. The monoisotopic (exact) mass is 287 g/mol. The molecule has 112 valence electrons. The van der Waals surface area contributed by atoms with Gasteiger partial charge in [-0.3, -0.25) is 0 Å². The zero-order valence-corrected chi connectivity index (χ0v) is 12.1. The van der Waals surface area contributed by atoms with Gasteiger partial charge in [0, 0.05) is 19.2 Å². The van der Waals surface area contributed by atoms with Crippen molar-refractivity contribution < 1.29 is 15.3 Å². The summed E-state index contributed by atoms with van der Waals surface area (Å²) in [5.74, 6) is -0.0908. The van der Waals surface area contributed by atoms with Crippen molar-refractivity contribution in [2.24, 2.45) is 0 Å². The third-order valence-electron chi connectivity index (χ3n) is 3.42. The van der Waals surface area contributed by atoms with E-state index in [0.717, 1.165) is 13.0 Å². The number of phenolic OH excluding ortho intramolecular Hbond substituents is 2. The Labute approximate surface area is 124 Å². The molecule has 0 aliphatic rings. The number of benzene rings is 2. The number of likely N-dealkylation sites (N-methyl/N-ethyl adjacent to an activating group) is 1. The molecule has 1 atom stereocenters. The molecule has 2 aromatic carbocycles. The largest absolute Gasteiger partial charge is 0.508 e. The molecule has 4 nitrogen and oxygen atoms in total. The number of nitrogens with zero attached hydrogens (tertiary/aromatic N) is 1. The van der Waals surface area contributed by atoms with E-state index < -0.39 is 6.10 Å². The van der Waals surface area contributed by atoms with Crippen LogP contribution in [0.4, 0.5) is 0 Å². The normalized spacial score (nSPS) is 12.5. The minimum Gasteiger partial charge on any atom is -0.508 e. The smallest absolute Gasteiger partial charge is 0.119 e. The van der Waals surface area contributed by atoms with Gasteiger partial charge >= 0.3 is 0 Å². The third-order valence-corrected chi connectivity index (χ3v) is 3.42. The molecule has 0 heterocycles. The topological polar surface area (TPSA) is 63.9 Å². The van der Waals surface area contributed by atoms with Gasteiger partial charge in [0.25, 0.3) is 0 Å². The van der Waals surface area contributed by atoms with Crippen molar-refractivity contribution in [3.8, 4) is 11.5 Å². The van der Waals surface area contributed by atoms with Gasteiger partial charge in [-0.2, -0.15) is 0 Å². The van der Waals surface area contributed by atoms with E-state index >= 15 is 0 Å². The second kappa shape index (κ2) is 7.11. The van der Waals surface area contributed by atoms with Crippen LogP contribution in [0.25, 0.3) is 0 Å². The van der Waals surface area contributed by atoms with Crippen LogP contribution >= 0.6 is 0 Å². The van der Waals surface area contributed by atoms with Crippen LogP contribution in [-0.2, 0) is 6.42 Å². The maximum Gasteiger partial charge on any atom is 0.119 e. The average Bonchev–Trinajstić information content (AvgIpc) is 2.45. The summed E-state index contributed by atoms with van der Waals surface area (Å²) in [6, 6.07) is 14.4. The fourth-order valence-electron chi connectivity index (χ4n) is 2.27. The van der Waals surface area contributed by atoms with Crippen molar-refractivity contribution in [2.45, 2.75) is 12.5 Å². The minimum absolute atomic E-state index is 0.0454. The molecule has 0 spiro atoms. The quantitative estimate of drug-likeness (QED) is 0.763. The second-order valence-electron chi connectivity index (χ2n) is 5.30. The number of hydrogen-bond donors (Lipinski definition) is 3. The van der Waals surface area contributed by atoms with Crippen LogP contribution in [0.3, 0.4) is 0 Å². The molecule has 2 rings (SSSR count). The molecule has 2 aromatic rings. The van der Waals surface area contributed by atoms with E-state index in [1.165, 1.54) is 23.8 Å². The standard InChI is InChI=1S/C17H21NO3/c1-18(8-7-13-5-3-2-4-6-13)12-17(21)14-9-15(19)11-16(20)10-14/h2-6,9-11,17,19-21H,7-8,12H2,1H3/t17-/m1/s1. The van der Waals surface area contributed by atoms with Crippen molar-refractivity contribution in [1.82, 2.24) is 4.90 Å². The zero-order chi connectivity index (χ0) is 15.2. The van der Waals surface area contributed by atoms with Crippen molar-refractivity contribution >= 4 is 0 Å². The molecule has 0 fully saturated rings. The van der Waals surface area contributed by atoms with Gasteiger partial charge in [0.05, 0.1) is 6.10 Å². The number of phenols is 2. The predicted octanol–water partition coefficient (Wildman–Crippen LogP) is 2.31. The fraction of sp³-hybridized carbons (Fsp3) is 0.294. The van der Waals surface area contributed by atoms with Gasteiger partial charge in [0.1, 0.15) is 11.5 Å². The Balaban J connectivity index is 1.88. The zero-order valence-electron chi connectivity index (χ0n) is 12.1. The fourth-order valence-corrected chi connectivity index (χ4v) is 2.27. The summed E-state index contributed by atoms with van der Waals surface area (Å²) in [7, 11) is 1.94. The van der Waals surface area contributed by atoms with E-state index in [4.69, 9.17) is 0 Å². The summed E-state index contributed by atoms with van der Waals surface area (Å²) in [4.78, 5) is 2.03. The number of aromatic hydroxyl groups is 2. The highest BCUT2D eigenvalue weighted by Crippen LogP contribution is 2.25. The van der Waals surface area contributed by atoms with E-state index in [1.54, 1.807) is 0 Å². The molecule has 0 saturated heterocycles. The maximum atomic E-state index is 10.2. The van der Waals surface area contributed by atoms with E-state index in [9.17, 15) is 15.3 Å². The molecular weight excluding hydrogens is 266 g/mol. The number of hydrogen-bond acceptors (Lipinski definition) is 4. The van der Waals surface area contributed by atoms with Crippen LogP contribution in [0.15, 0.2) is 48.5 Å². The highest BCUT2D eigenvalue weighted by Gasteiger charge is 2.12. The lowest BCUT2D eigenvalue weighted by Crippen LogP contribution is -2.26. The van der Waals surface area contributed by atoms with Crippen LogP contribution in [0.1, 0.15) is 17.2 Å². The Morgan fingerprint density at radius 2 is 1.62 bits per heavy atom. The van der Waals surface area contributed by atoms with Crippen LogP contribution in [-0.4, -0.2) is 40.4 Å². The Hall–Kier alpha value is -2.04. The molecule has 0 aromatic heterocycles. The summed E-state index contributed by atoms with van der Waals surface area (Å²) in [6.07, 6.45) is 0.166. The Morgan fingerprint density at radius 3 is 2.24 bits per heavy atom. The van der Waals surface area contributed by atoms with Crippen molar-refractivity contribution in [3.63, 3.8) is 0 Å². The van der Waals surface area contributed by atoms with Crippen molar-refractivity contribution in [1.29, 1.82) is 0 Å². The number of rotatable bonds is 6. The molecule has 0 aliphatic heterocycles. The Kier molecular flexibility index (Phi) is 5.20. The molecule has 0 bridgehead atoms. The maximum absolute atomic E-state index is 10.2. The van der Waals surface area contributed by atoms with E-state index in [0.29, 0.717) is 12.1 Å². The molecular formula is C17H21NO3. The van der Waals surface area contributed by atoms with Crippen molar-refractivity contribution in [3.05, 3.63) is 59.7 Å². The summed E-state index contributed by atoms with van der Waals surface area (Å²) < 4.78 is 0. The van der Waals surface area contributed by atoms with Crippen molar-refractivity contribution in [2.75, 3.05) is 20.1 Å². The Bertz CT molecular complexity index is 551. The first-order valence-electron chi connectivity index (χ1n) is 6.98. The third kappa shape index (κ3) is 4.77. The summed E-state index contributed by atoms with van der Waals surface area (Å²) in [6.45, 7) is 1.27. The SMILES string of the molecule is CN(CCc1ccccc1)C[C@@H](O)c1cc(O)cc(O)c1. The molecule has 0 aliphatic carbocycles. The molecule has 21 heavy (non-hydrogen) atoms. The van der Waals surface area contributed by atoms with Gasteiger partial charge in [0.15, 0.2) is 0 Å². The first kappa shape index (κ1) is 15.4. The lowest BCUT2D eigenvalue weighted by Gasteiger charge is -2.21. The summed E-state index contributed by atoms with van der Waals surface area (Å²) in [5.41, 5.74) is 1.77. The molecule has 0 radical (unpaired) electrons. The van der Waals surface area contributed by atoms with Gasteiger partial charge in [0.2, 0.25) is 0 Å². The van der Waals surface area contributed by atoms with Gasteiger partial charge < -0.3 is 20.2 Å². The van der Waals surface area contributed by atoms with Gasteiger partial charge in [-0.25, -0.2) is 0 Å². The highest BCUT2D eigenvalue weighted by molar-refractivity contribution is 5.37. The number of aliphatic hydroxyl groups is 1. The van der Waals surface area contributed by atoms with E-state index in [-0.39, 0.29) is 11.5 Å². The lowest BCUT2D eigenvalue weighted by molar-refractivity contribution is 0.127. The van der Waals surface area contributed by atoms with Gasteiger partial charge in [-0.1, -0.05) is 30.3 Å². The second-order valence-corrected chi connectivity index (χ2v) is 5.30. The molecule has 0 saturated carbocycles. The molecule has 4 heteroatoms. The first-order chi connectivity index (χ1) is 10.0. The van der Waals surface area contributed by atoms with Crippen LogP contribution in [0.2, 0.25) is 0 Å². The minimum atomic E-state index is -0.747. The first-order valence-corrected chi connectivity index (χ1v) is 6.98.